The van der Waals surface area contributed by atoms with Crippen LogP contribution in [0.4, 0.5) is 19.3 Å². The fourth-order valence-electron chi connectivity index (χ4n) is 4.77. The maximum Gasteiger partial charge on any atom is 0.328 e. The Morgan fingerprint density at radius 2 is 1.86 bits per heavy atom. The lowest BCUT2D eigenvalue weighted by Crippen LogP contribution is -2.51. The first-order chi connectivity index (χ1) is 17.2. The van der Waals surface area contributed by atoms with Crippen LogP contribution in [0.5, 0.6) is 0 Å². The van der Waals surface area contributed by atoms with E-state index < -0.39 is 53.6 Å². The summed E-state index contributed by atoms with van der Waals surface area (Å²) in [5.74, 6) is -3.04. The van der Waals surface area contributed by atoms with Crippen molar-refractivity contribution in [2.24, 2.45) is 7.05 Å². The highest BCUT2D eigenvalue weighted by atomic mass is 19.1. The molecule has 3 atom stereocenters. The van der Waals surface area contributed by atoms with Crippen molar-refractivity contribution in [1.82, 2.24) is 19.7 Å². The van der Waals surface area contributed by atoms with Gasteiger partial charge in [0.15, 0.2) is 0 Å². The molecule has 4 rings (SSSR count). The maximum absolute atomic E-state index is 13.9. The second kappa shape index (κ2) is 10.3. The van der Waals surface area contributed by atoms with Crippen LogP contribution in [0, 0.1) is 11.6 Å². The highest BCUT2D eigenvalue weighted by Crippen LogP contribution is 2.27. The number of amides is 4. The summed E-state index contributed by atoms with van der Waals surface area (Å²) in [5.41, 5.74) is 0.145. The Balaban J connectivity index is 1.53. The SMILES string of the molecule is COC(=O)C1CCCN1C(=O)C1CC(NC(=O)Nc2ccc(F)cc2F)CN1C(=O)c1cccn1C. The number of hydrogen-bond acceptors (Lipinski definition) is 5. The highest BCUT2D eigenvalue weighted by molar-refractivity contribution is 5.98. The molecule has 0 aliphatic carbocycles. The molecule has 1 aromatic heterocycles. The van der Waals surface area contributed by atoms with E-state index in [4.69, 9.17) is 4.74 Å². The molecule has 2 aliphatic rings. The summed E-state index contributed by atoms with van der Waals surface area (Å²) in [4.78, 5) is 54.5. The first-order valence-corrected chi connectivity index (χ1v) is 11.5. The minimum atomic E-state index is -0.937. The van der Waals surface area contributed by atoms with E-state index in [1.807, 2.05) is 0 Å². The van der Waals surface area contributed by atoms with Crippen molar-refractivity contribution < 1.29 is 32.7 Å². The standard InChI is InChI=1S/C24H27F2N5O5/c1-29-9-3-5-18(29)21(32)31-13-15(27-24(35)28-17-8-7-14(25)11-16(17)26)12-20(31)22(33)30-10-4-6-19(30)23(34)36-2/h3,5,7-9,11,15,19-20H,4,6,10,12-13H2,1-2H3,(H2,27,28,35). The molecule has 0 spiro atoms. The summed E-state index contributed by atoms with van der Waals surface area (Å²) < 4.78 is 33.5. The van der Waals surface area contributed by atoms with Crippen LogP contribution in [-0.4, -0.2) is 76.5 Å². The summed E-state index contributed by atoms with van der Waals surface area (Å²) in [6.45, 7) is 0.375. The fraction of sp³-hybridized carbons (Fsp3) is 0.417. The molecule has 0 bridgehead atoms. The normalized spacial score (nSPS) is 21.4. The number of nitrogens with zero attached hydrogens (tertiary/aromatic N) is 3. The summed E-state index contributed by atoms with van der Waals surface area (Å²) in [6.07, 6.45) is 2.88. The number of aryl methyl sites for hydroxylation is 1. The van der Waals surface area contributed by atoms with Gasteiger partial charge in [0.25, 0.3) is 5.91 Å². The zero-order chi connectivity index (χ0) is 26.0. The fourth-order valence-corrected chi connectivity index (χ4v) is 4.77. The molecule has 3 heterocycles. The predicted octanol–water partition coefficient (Wildman–Crippen LogP) is 1.87. The number of likely N-dealkylation sites (tertiary alicyclic amines) is 2. The Morgan fingerprint density at radius 3 is 2.53 bits per heavy atom. The molecule has 2 fully saturated rings. The van der Waals surface area contributed by atoms with E-state index in [1.54, 1.807) is 29.9 Å². The summed E-state index contributed by atoms with van der Waals surface area (Å²) in [6, 6.07) is 3.03. The van der Waals surface area contributed by atoms with Crippen molar-refractivity contribution in [2.45, 2.75) is 37.4 Å². The minimum absolute atomic E-state index is 0.0243. The van der Waals surface area contributed by atoms with Crippen molar-refractivity contribution in [3.05, 3.63) is 53.9 Å². The van der Waals surface area contributed by atoms with Crippen LogP contribution in [0.1, 0.15) is 29.8 Å². The van der Waals surface area contributed by atoms with Gasteiger partial charge in [0.2, 0.25) is 5.91 Å². The zero-order valence-corrected chi connectivity index (χ0v) is 19.9. The largest absolute Gasteiger partial charge is 0.467 e. The molecule has 0 radical (unpaired) electrons. The number of rotatable bonds is 5. The number of ether oxygens (including phenoxy) is 1. The van der Waals surface area contributed by atoms with E-state index in [1.165, 1.54) is 16.9 Å². The van der Waals surface area contributed by atoms with Gasteiger partial charge in [-0.15, -0.1) is 0 Å². The number of anilines is 1. The average Bonchev–Trinajstić information content (AvgIpc) is 3.59. The number of carbonyl (C=O) groups is 4. The first kappa shape index (κ1) is 25.1. The third-order valence-corrected chi connectivity index (χ3v) is 6.53. The van der Waals surface area contributed by atoms with Gasteiger partial charge < -0.3 is 29.7 Å². The quantitative estimate of drug-likeness (QED) is 0.605. The van der Waals surface area contributed by atoms with Crippen LogP contribution in [0.25, 0.3) is 0 Å². The number of aromatic nitrogens is 1. The average molecular weight is 504 g/mol. The van der Waals surface area contributed by atoms with Crippen molar-refractivity contribution >= 4 is 29.5 Å². The molecule has 2 saturated heterocycles. The second-order valence-electron chi connectivity index (χ2n) is 8.85. The molecular weight excluding hydrogens is 476 g/mol. The van der Waals surface area contributed by atoms with Crippen LogP contribution < -0.4 is 10.6 Å². The van der Waals surface area contributed by atoms with E-state index in [9.17, 15) is 28.0 Å². The molecule has 4 amide bonds. The lowest BCUT2D eigenvalue weighted by Gasteiger charge is -2.30. The van der Waals surface area contributed by atoms with Gasteiger partial charge in [0, 0.05) is 32.4 Å². The number of urea groups is 1. The van der Waals surface area contributed by atoms with Crippen LogP contribution in [0.2, 0.25) is 0 Å². The minimum Gasteiger partial charge on any atom is -0.467 e. The van der Waals surface area contributed by atoms with Crippen molar-refractivity contribution in [2.75, 3.05) is 25.5 Å². The van der Waals surface area contributed by atoms with E-state index in [0.717, 1.165) is 12.1 Å². The van der Waals surface area contributed by atoms with E-state index in [0.29, 0.717) is 31.1 Å². The van der Waals surface area contributed by atoms with Crippen molar-refractivity contribution in [3.63, 3.8) is 0 Å². The maximum atomic E-state index is 13.9. The van der Waals surface area contributed by atoms with Gasteiger partial charge >= 0.3 is 12.0 Å². The van der Waals surface area contributed by atoms with Gasteiger partial charge in [-0.1, -0.05) is 0 Å². The lowest BCUT2D eigenvalue weighted by molar-refractivity contribution is -0.152. The molecule has 2 aromatic rings. The van der Waals surface area contributed by atoms with Crippen LogP contribution >= 0.6 is 0 Å². The Morgan fingerprint density at radius 1 is 1.08 bits per heavy atom. The molecule has 1 aromatic carbocycles. The van der Waals surface area contributed by atoms with Gasteiger partial charge in [-0.2, -0.15) is 0 Å². The van der Waals surface area contributed by atoms with Gasteiger partial charge in [0.1, 0.15) is 29.4 Å². The molecule has 0 saturated carbocycles. The Hall–Kier alpha value is -3.96. The van der Waals surface area contributed by atoms with Crippen LogP contribution in [0.15, 0.2) is 36.5 Å². The monoisotopic (exact) mass is 503 g/mol. The summed E-state index contributed by atoms with van der Waals surface area (Å²) in [5, 5.41) is 4.98. The van der Waals surface area contributed by atoms with E-state index in [2.05, 4.69) is 10.6 Å². The number of benzene rings is 1. The van der Waals surface area contributed by atoms with Crippen LogP contribution in [-0.2, 0) is 21.4 Å². The number of hydrogen-bond donors (Lipinski definition) is 2. The van der Waals surface area contributed by atoms with E-state index >= 15 is 0 Å². The molecular formula is C24H27F2N5O5. The van der Waals surface area contributed by atoms with Crippen molar-refractivity contribution in [3.8, 4) is 0 Å². The van der Waals surface area contributed by atoms with Crippen molar-refractivity contribution in [1.29, 1.82) is 0 Å². The number of nitrogens with one attached hydrogen (secondary N) is 2. The number of methoxy groups -OCH3 is 1. The van der Waals surface area contributed by atoms with Gasteiger partial charge in [-0.3, -0.25) is 9.59 Å². The molecule has 192 valence electrons. The highest BCUT2D eigenvalue weighted by Gasteiger charge is 2.46. The Bertz CT molecular complexity index is 1190. The Labute approximate surface area is 206 Å². The molecule has 2 N–H and O–H groups in total. The summed E-state index contributed by atoms with van der Waals surface area (Å²) >= 11 is 0. The van der Waals surface area contributed by atoms with Gasteiger partial charge in [0.05, 0.1) is 18.8 Å². The molecule has 36 heavy (non-hydrogen) atoms. The third kappa shape index (κ3) is 5.02. The smallest absolute Gasteiger partial charge is 0.328 e. The number of halogens is 2. The van der Waals surface area contributed by atoms with Crippen LogP contribution in [0.3, 0.4) is 0 Å². The molecule has 12 heteroatoms. The number of esters is 1. The molecule has 10 nitrogen and oxygen atoms in total. The predicted molar refractivity (Wildman–Crippen MR) is 124 cm³/mol. The molecule has 2 aliphatic heterocycles. The topological polar surface area (TPSA) is 113 Å². The lowest BCUT2D eigenvalue weighted by atomic mass is 10.1. The first-order valence-electron chi connectivity index (χ1n) is 11.5. The second-order valence-corrected chi connectivity index (χ2v) is 8.85. The number of carbonyl (C=O) groups excluding carboxylic acids is 4. The van der Waals surface area contributed by atoms with E-state index in [-0.39, 0.29) is 18.7 Å². The third-order valence-electron chi connectivity index (χ3n) is 6.53. The van der Waals surface area contributed by atoms with Gasteiger partial charge in [-0.25, -0.2) is 18.4 Å². The van der Waals surface area contributed by atoms with Gasteiger partial charge in [-0.05, 0) is 43.5 Å². The summed E-state index contributed by atoms with van der Waals surface area (Å²) in [7, 11) is 2.96. The zero-order valence-electron chi connectivity index (χ0n) is 19.9. The Kier molecular flexibility index (Phi) is 7.22. The molecule has 3 unspecified atom stereocenters.